The first-order valence-corrected chi connectivity index (χ1v) is 6.78. The van der Waals surface area contributed by atoms with Crippen molar-refractivity contribution in [3.8, 4) is 5.75 Å². The van der Waals surface area contributed by atoms with Crippen molar-refractivity contribution in [2.24, 2.45) is 0 Å². The second kappa shape index (κ2) is 7.28. The van der Waals surface area contributed by atoms with Crippen molar-refractivity contribution in [1.29, 1.82) is 0 Å². The van der Waals surface area contributed by atoms with Crippen LogP contribution in [0.2, 0.25) is 0 Å². The van der Waals surface area contributed by atoms with Gasteiger partial charge in [0.05, 0.1) is 7.11 Å². The number of amides is 1. The Balaban J connectivity index is 1.85. The first-order chi connectivity index (χ1) is 10.2. The summed E-state index contributed by atoms with van der Waals surface area (Å²) in [5.41, 5.74) is 2.43. The quantitative estimate of drug-likeness (QED) is 0.853. The number of hydrogen-bond acceptors (Lipinski definition) is 4. The lowest BCUT2D eigenvalue weighted by Gasteiger charge is -2.07. The molecular weight excluding hydrogens is 266 g/mol. The van der Waals surface area contributed by atoms with E-state index in [1.807, 2.05) is 30.3 Å². The molecule has 110 valence electrons. The number of pyridine rings is 1. The van der Waals surface area contributed by atoms with E-state index in [9.17, 15) is 4.79 Å². The van der Waals surface area contributed by atoms with Gasteiger partial charge in [0.15, 0.2) is 0 Å². The molecule has 2 aromatic rings. The van der Waals surface area contributed by atoms with E-state index in [0.29, 0.717) is 12.2 Å². The average Bonchev–Trinajstić information content (AvgIpc) is 2.55. The number of carbonyl (C=O) groups excluding carboxylic acids is 1. The average molecular weight is 285 g/mol. The number of methoxy groups -OCH3 is 1. The van der Waals surface area contributed by atoms with Crippen molar-refractivity contribution in [3.05, 3.63) is 53.9 Å². The van der Waals surface area contributed by atoms with Crippen molar-refractivity contribution in [3.63, 3.8) is 0 Å². The third-order valence-electron chi connectivity index (χ3n) is 3.14. The van der Waals surface area contributed by atoms with E-state index in [1.165, 1.54) is 0 Å². The topological polar surface area (TPSA) is 63.2 Å². The maximum atomic E-state index is 12.0. The Bertz CT molecular complexity index is 597. The molecule has 5 nitrogen and oxygen atoms in total. The van der Waals surface area contributed by atoms with Crippen LogP contribution in [0.3, 0.4) is 0 Å². The third kappa shape index (κ3) is 4.21. The highest BCUT2D eigenvalue weighted by Gasteiger charge is 2.07. The van der Waals surface area contributed by atoms with E-state index in [1.54, 1.807) is 26.4 Å². The molecule has 21 heavy (non-hydrogen) atoms. The van der Waals surface area contributed by atoms with Crippen LogP contribution in [0.5, 0.6) is 5.75 Å². The van der Waals surface area contributed by atoms with Gasteiger partial charge in [0.2, 0.25) is 0 Å². The van der Waals surface area contributed by atoms with Gasteiger partial charge in [-0.25, -0.2) is 0 Å². The first-order valence-electron chi connectivity index (χ1n) is 6.78. The van der Waals surface area contributed by atoms with Gasteiger partial charge in [-0.15, -0.1) is 0 Å². The van der Waals surface area contributed by atoms with Crippen molar-refractivity contribution in [2.75, 3.05) is 26.0 Å². The lowest BCUT2D eigenvalue weighted by atomic mass is 10.1. The van der Waals surface area contributed by atoms with Crippen molar-refractivity contribution < 1.29 is 9.53 Å². The number of nitrogens with zero attached hydrogens (tertiary/aromatic N) is 1. The standard InChI is InChI=1S/C16H19N3O2/c1-17-13-8-10-18-15(11-13)16(20)19-9-7-12-3-5-14(21-2)6-4-12/h3-6,8,10-11H,7,9H2,1-2H3,(H,17,18)(H,19,20). The molecule has 5 heteroatoms. The normalized spacial score (nSPS) is 10.0. The summed E-state index contributed by atoms with van der Waals surface area (Å²) in [5, 5.41) is 5.85. The predicted molar refractivity (Wildman–Crippen MR) is 82.8 cm³/mol. The highest BCUT2D eigenvalue weighted by molar-refractivity contribution is 5.93. The highest BCUT2D eigenvalue weighted by atomic mass is 16.5. The molecule has 1 aromatic heterocycles. The zero-order valence-electron chi connectivity index (χ0n) is 12.2. The molecule has 0 aliphatic carbocycles. The van der Waals surface area contributed by atoms with E-state index in [-0.39, 0.29) is 5.91 Å². The largest absolute Gasteiger partial charge is 0.497 e. The molecule has 1 heterocycles. The Morgan fingerprint density at radius 2 is 2.00 bits per heavy atom. The summed E-state index contributed by atoms with van der Waals surface area (Å²) in [6.45, 7) is 0.566. The molecule has 0 radical (unpaired) electrons. The number of rotatable bonds is 6. The summed E-state index contributed by atoms with van der Waals surface area (Å²) >= 11 is 0. The molecule has 0 saturated carbocycles. The molecule has 0 aliphatic rings. The van der Waals surface area contributed by atoms with Crippen LogP contribution in [0.1, 0.15) is 16.1 Å². The van der Waals surface area contributed by atoms with Crippen LogP contribution in [0.25, 0.3) is 0 Å². The smallest absolute Gasteiger partial charge is 0.269 e. The zero-order chi connectivity index (χ0) is 15.1. The monoisotopic (exact) mass is 285 g/mol. The van der Waals surface area contributed by atoms with Crippen LogP contribution in [0.4, 0.5) is 5.69 Å². The Kier molecular flexibility index (Phi) is 5.15. The summed E-state index contributed by atoms with van der Waals surface area (Å²) in [6, 6.07) is 11.3. The molecule has 0 bridgehead atoms. The fourth-order valence-electron chi connectivity index (χ4n) is 1.91. The minimum Gasteiger partial charge on any atom is -0.497 e. The number of nitrogens with one attached hydrogen (secondary N) is 2. The van der Waals surface area contributed by atoms with Crippen molar-refractivity contribution in [2.45, 2.75) is 6.42 Å². The lowest BCUT2D eigenvalue weighted by Crippen LogP contribution is -2.26. The number of carbonyl (C=O) groups is 1. The Morgan fingerprint density at radius 3 is 2.67 bits per heavy atom. The number of benzene rings is 1. The molecule has 0 fully saturated rings. The molecule has 0 atom stereocenters. The van der Waals surface area contributed by atoms with Crippen LogP contribution in [-0.4, -0.2) is 31.6 Å². The molecule has 2 rings (SSSR count). The number of ether oxygens (including phenoxy) is 1. The summed E-state index contributed by atoms with van der Waals surface area (Å²) < 4.78 is 5.11. The Hall–Kier alpha value is -2.56. The fraction of sp³-hybridized carbons (Fsp3) is 0.250. The fourth-order valence-corrected chi connectivity index (χ4v) is 1.91. The second-order valence-electron chi connectivity index (χ2n) is 4.53. The maximum absolute atomic E-state index is 12.0. The number of aromatic nitrogens is 1. The molecule has 2 N–H and O–H groups in total. The van der Waals surface area contributed by atoms with Crippen molar-refractivity contribution in [1.82, 2.24) is 10.3 Å². The van der Waals surface area contributed by atoms with E-state index < -0.39 is 0 Å². The van der Waals surface area contributed by atoms with Gasteiger partial charge in [-0.05, 0) is 36.2 Å². The third-order valence-corrected chi connectivity index (χ3v) is 3.14. The van der Waals surface area contributed by atoms with Gasteiger partial charge in [-0.3, -0.25) is 9.78 Å². The Labute approximate surface area is 124 Å². The van der Waals surface area contributed by atoms with Crippen LogP contribution < -0.4 is 15.4 Å². The number of anilines is 1. The lowest BCUT2D eigenvalue weighted by molar-refractivity contribution is 0.0949. The molecule has 1 aromatic carbocycles. The van der Waals surface area contributed by atoms with E-state index >= 15 is 0 Å². The predicted octanol–water partition coefficient (Wildman–Crippen LogP) is 2.10. The van der Waals surface area contributed by atoms with Gasteiger partial charge in [0.25, 0.3) is 5.91 Å². The summed E-state index contributed by atoms with van der Waals surface area (Å²) in [6.07, 6.45) is 2.38. The first kappa shape index (κ1) is 14.8. The molecule has 0 spiro atoms. The summed E-state index contributed by atoms with van der Waals surface area (Å²) in [5.74, 6) is 0.663. The van der Waals surface area contributed by atoms with Crippen LogP contribution in [-0.2, 0) is 6.42 Å². The highest BCUT2D eigenvalue weighted by Crippen LogP contribution is 2.11. The summed E-state index contributed by atoms with van der Waals surface area (Å²) in [7, 11) is 3.45. The van der Waals surface area contributed by atoms with E-state index in [0.717, 1.165) is 23.4 Å². The zero-order valence-corrected chi connectivity index (χ0v) is 12.2. The molecule has 0 saturated heterocycles. The van der Waals surface area contributed by atoms with Crippen LogP contribution in [0.15, 0.2) is 42.6 Å². The van der Waals surface area contributed by atoms with Crippen LogP contribution >= 0.6 is 0 Å². The molecule has 0 unspecified atom stereocenters. The van der Waals surface area contributed by atoms with E-state index in [4.69, 9.17) is 4.74 Å². The number of hydrogen-bond donors (Lipinski definition) is 2. The van der Waals surface area contributed by atoms with Gasteiger partial charge in [-0.2, -0.15) is 0 Å². The minimum atomic E-state index is -0.166. The maximum Gasteiger partial charge on any atom is 0.269 e. The minimum absolute atomic E-state index is 0.166. The van der Waals surface area contributed by atoms with Gasteiger partial charge in [0, 0.05) is 25.5 Å². The van der Waals surface area contributed by atoms with Crippen LogP contribution in [0, 0.1) is 0 Å². The Morgan fingerprint density at radius 1 is 1.24 bits per heavy atom. The van der Waals surface area contributed by atoms with Gasteiger partial charge >= 0.3 is 0 Å². The molecule has 0 aliphatic heterocycles. The molecular formula is C16H19N3O2. The molecule has 1 amide bonds. The summed E-state index contributed by atoms with van der Waals surface area (Å²) in [4.78, 5) is 16.0. The van der Waals surface area contributed by atoms with Gasteiger partial charge in [0.1, 0.15) is 11.4 Å². The second-order valence-corrected chi connectivity index (χ2v) is 4.53. The van der Waals surface area contributed by atoms with Gasteiger partial charge < -0.3 is 15.4 Å². The SMILES string of the molecule is CNc1ccnc(C(=O)NCCc2ccc(OC)cc2)c1. The van der Waals surface area contributed by atoms with Crippen molar-refractivity contribution >= 4 is 11.6 Å². The van der Waals surface area contributed by atoms with E-state index in [2.05, 4.69) is 15.6 Å². The van der Waals surface area contributed by atoms with Gasteiger partial charge in [-0.1, -0.05) is 12.1 Å².